The summed E-state index contributed by atoms with van der Waals surface area (Å²) in [6.07, 6.45) is 3.00. The SMILES string of the molecule is CCNc1cncc(C(=O)Nc2cccc(C)n2)n1. The van der Waals surface area contributed by atoms with Gasteiger partial charge in [-0.1, -0.05) is 6.07 Å². The minimum Gasteiger partial charge on any atom is -0.369 e. The van der Waals surface area contributed by atoms with Gasteiger partial charge in [0.25, 0.3) is 5.91 Å². The number of rotatable bonds is 4. The van der Waals surface area contributed by atoms with Gasteiger partial charge in [0.05, 0.1) is 12.4 Å². The monoisotopic (exact) mass is 257 g/mol. The van der Waals surface area contributed by atoms with Crippen LogP contribution in [0.3, 0.4) is 0 Å². The lowest BCUT2D eigenvalue weighted by molar-refractivity contribution is 0.102. The molecule has 0 aliphatic carbocycles. The molecule has 0 unspecified atom stereocenters. The van der Waals surface area contributed by atoms with Gasteiger partial charge in [-0.15, -0.1) is 0 Å². The molecule has 0 atom stereocenters. The summed E-state index contributed by atoms with van der Waals surface area (Å²) in [6, 6.07) is 5.42. The second-order valence-electron chi connectivity index (χ2n) is 3.94. The van der Waals surface area contributed by atoms with Gasteiger partial charge in [-0.05, 0) is 26.0 Å². The van der Waals surface area contributed by atoms with Crippen molar-refractivity contribution in [2.24, 2.45) is 0 Å². The minimum atomic E-state index is -0.328. The van der Waals surface area contributed by atoms with Gasteiger partial charge in [0.1, 0.15) is 17.3 Å². The van der Waals surface area contributed by atoms with Crippen LogP contribution in [0, 0.1) is 6.92 Å². The lowest BCUT2D eigenvalue weighted by atomic mass is 10.3. The Balaban J connectivity index is 2.13. The van der Waals surface area contributed by atoms with Crippen LogP contribution in [0.5, 0.6) is 0 Å². The molecular weight excluding hydrogens is 242 g/mol. The Labute approximate surface area is 111 Å². The van der Waals surface area contributed by atoms with E-state index in [1.807, 2.05) is 26.0 Å². The fourth-order valence-electron chi connectivity index (χ4n) is 1.53. The fourth-order valence-corrected chi connectivity index (χ4v) is 1.53. The molecule has 2 aromatic rings. The second-order valence-corrected chi connectivity index (χ2v) is 3.94. The van der Waals surface area contributed by atoms with Crippen LogP contribution in [0.2, 0.25) is 0 Å². The minimum absolute atomic E-state index is 0.252. The van der Waals surface area contributed by atoms with Crippen LogP contribution in [0.25, 0.3) is 0 Å². The Morgan fingerprint density at radius 1 is 1.21 bits per heavy atom. The summed E-state index contributed by atoms with van der Waals surface area (Å²) in [4.78, 5) is 24.3. The number of carbonyl (C=O) groups excluding carboxylic acids is 1. The quantitative estimate of drug-likeness (QED) is 0.874. The van der Waals surface area contributed by atoms with Crippen LogP contribution in [-0.4, -0.2) is 27.4 Å². The molecule has 0 spiro atoms. The van der Waals surface area contributed by atoms with Gasteiger partial charge in [0.2, 0.25) is 0 Å². The maximum absolute atomic E-state index is 12.0. The van der Waals surface area contributed by atoms with E-state index in [0.717, 1.165) is 12.2 Å². The third-order valence-electron chi connectivity index (χ3n) is 2.36. The van der Waals surface area contributed by atoms with Crippen LogP contribution in [0.4, 0.5) is 11.6 Å². The first-order chi connectivity index (χ1) is 9.19. The molecular formula is C13H15N5O. The number of aromatic nitrogens is 3. The Bertz CT molecular complexity index is 585. The summed E-state index contributed by atoms with van der Waals surface area (Å²) >= 11 is 0. The van der Waals surface area contributed by atoms with Crippen molar-refractivity contribution in [2.45, 2.75) is 13.8 Å². The Kier molecular flexibility index (Phi) is 4.02. The molecule has 6 heteroatoms. The molecule has 0 fully saturated rings. The van der Waals surface area contributed by atoms with Crippen molar-refractivity contribution in [1.29, 1.82) is 0 Å². The van der Waals surface area contributed by atoms with Gasteiger partial charge in [-0.2, -0.15) is 0 Å². The van der Waals surface area contributed by atoms with E-state index in [0.29, 0.717) is 11.6 Å². The summed E-state index contributed by atoms with van der Waals surface area (Å²) in [6.45, 7) is 4.53. The van der Waals surface area contributed by atoms with E-state index in [1.54, 1.807) is 12.3 Å². The van der Waals surface area contributed by atoms with Crippen molar-refractivity contribution in [3.8, 4) is 0 Å². The molecule has 6 nitrogen and oxygen atoms in total. The van der Waals surface area contributed by atoms with Crippen molar-refractivity contribution < 1.29 is 4.79 Å². The van der Waals surface area contributed by atoms with Crippen LogP contribution >= 0.6 is 0 Å². The molecule has 0 aliphatic rings. The van der Waals surface area contributed by atoms with Gasteiger partial charge < -0.3 is 10.6 Å². The average molecular weight is 257 g/mol. The van der Waals surface area contributed by atoms with E-state index >= 15 is 0 Å². The third kappa shape index (κ3) is 3.48. The summed E-state index contributed by atoms with van der Waals surface area (Å²) in [5.41, 5.74) is 1.09. The highest BCUT2D eigenvalue weighted by Crippen LogP contribution is 2.07. The third-order valence-corrected chi connectivity index (χ3v) is 2.36. The lowest BCUT2D eigenvalue weighted by Gasteiger charge is -2.06. The zero-order chi connectivity index (χ0) is 13.7. The number of nitrogens with one attached hydrogen (secondary N) is 2. The summed E-state index contributed by atoms with van der Waals surface area (Å²) < 4.78 is 0. The number of amides is 1. The van der Waals surface area contributed by atoms with Gasteiger partial charge >= 0.3 is 0 Å². The molecule has 0 aliphatic heterocycles. The van der Waals surface area contributed by atoms with E-state index in [4.69, 9.17) is 0 Å². The van der Waals surface area contributed by atoms with Crippen molar-refractivity contribution in [1.82, 2.24) is 15.0 Å². The maximum atomic E-state index is 12.0. The molecule has 2 rings (SSSR count). The smallest absolute Gasteiger partial charge is 0.277 e. The lowest BCUT2D eigenvalue weighted by Crippen LogP contribution is -2.16. The number of hydrogen-bond donors (Lipinski definition) is 2. The molecule has 0 bridgehead atoms. The molecule has 0 saturated heterocycles. The first kappa shape index (κ1) is 12.9. The van der Waals surface area contributed by atoms with Crippen LogP contribution in [0.15, 0.2) is 30.6 Å². The standard InChI is InChI=1S/C13H15N5O/c1-3-15-12-8-14-7-10(17-12)13(19)18-11-6-4-5-9(2)16-11/h4-8H,3H2,1-2H3,(H,15,17)(H,16,18,19). The molecule has 2 N–H and O–H groups in total. The highest BCUT2D eigenvalue weighted by atomic mass is 16.1. The van der Waals surface area contributed by atoms with Gasteiger partial charge in [0, 0.05) is 12.2 Å². The molecule has 0 saturated carbocycles. The van der Waals surface area contributed by atoms with E-state index < -0.39 is 0 Å². The largest absolute Gasteiger partial charge is 0.369 e. The van der Waals surface area contributed by atoms with Crippen molar-refractivity contribution in [3.05, 3.63) is 42.0 Å². The van der Waals surface area contributed by atoms with Crippen LogP contribution < -0.4 is 10.6 Å². The van der Waals surface area contributed by atoms with E-state index in [2.05, 4.69) is 25.6 Å². The second kappa shape index (κ2) is 5.90. The van der Waals surface area contributed by atoms with Crippen molar-refractivity contribution in [2.75, 3.05) is 17.2 Å². The Morgan fingerprint density at radius 3 is 2.79 bits per heavy atom. The maximum Gasteiger partial charge on any atom is 0.277 e. The molecule has 19 heavy (non-hydrogen) atoms. The molecule has 2 heterocycles. The number of aryl methyl sites for hydroxylation is 1. The summed E-state index contributed by atoms with van der Waals surface area (Å²) in [7, 11) is 0. The first-order valence-corrected chi connectivity index (χ1v) is 6.00. The number of pyridine rings is 1. The summed E-state index contributed by atoms with van der Waals surface area (Å²) in [5, 5.41) is 5.69. The molecule has 1 amide bonds. The Hall–Kier alpha value is -2.50. The predicted octanol–water partition coefficient (Wildman–Crippen LogP) is 1.86. The number of carbonyl (C=O) groups is 1. The highest BCUT2D eigenvalue weighted by molar-refractivity contribution is 6.02. The fraction of sp³-hybridized carbons (Fsp3) is 0.231. The molecule has 98 valence electrons. The van der Waals surface area contributed by atoms with Crippen molar-refractivity contribution in [3.63, 3.8) is 0 Å². The van der Waals surface area contributed by atoms with Crippen molar-refractivity contribution >= 4 is 17.5 Å². The zero-order valence-electron chi connectivity index (χ0n) is 10.8. The average Bonchev–Trinajstić information content (AvgIpc) is 2.39. The summed E-state index contributed by atoms with van der Waals surface area (Å²) in [5.74, 6) is 0.748. The molecule has 0 aromatic carbocycles. The van der Waals surface area contributed by atoms with Gasteiger partial charge in [-0.3, -0.25) is 9.78 Å². The first-order valence-electron chi connectivity index (χ1n) is 6.00. The van der Waals surface area contributed by atoms with E-state index in [-0.39, 0.29) is 11.6 Å². The zero-order valence-corrected chi connectivity index (χ0v) is 10.8. The Morgan fingerprint density at radius 2 is 2.05 bits per heavy atom. The van der Waals surface area contributed by atoms with Gasteiger partial charge in [0.15, 0.2) is 0 Å². The van der Waals surface area contributed by atoms with E-state index in [9.17, 15) is 4.79 Å². The number of hydrogen-bond acceptors (Lipinski definition) is 5. The topological polar surface area (TPSA) is 79.8 Å². The number of anilines is 2. The highest BCUT2D eigenvalue weighted by Gasteiger charge is 2.09. The normalized spacial score (nSPS) is 10.0. The van der Waals surface area contributed by atoms with Crippen LogP contribution in [0.1, 0.15) is 23.1 Å². The number of nitrogens with zero attached hydrogens (tertiary/aromatic N) is 3. The van der Waals surface area contributed by atoms with E-state index in [1.165, 1.54) is 6.20 Å². The molecule has 2 aromatic heterocycles. The molecule has 0 radical (unpaired) electrons. The predicted molar refractivity (Wildman–Crippen MR) is 73.1 cm³/mol. The van der Waals surface area contributed by atoms with Crippen LogP contribution in [-0.2, 0) is 0 Å². The van der Waals surface area contributed by atoms with Gasteiger partial charge in [-0.25, -0.2) is 9.97 Å².